The van der Waals surface area contributed by atoms with E-state index in [2.05, 4.69) is 0 Å². The highest BCUT2D eigenvalue weighted by molar-refractivity contribution is 7.89. The number of halogens is 2. The summed E-state index contributed by atoms with van der Waals surface area (Å²) in [5.41, 5.74) is 5.71. The van der Waals surface area contributed by atoms with E-state index in [0.29, 0.717) is 46.9 Å². The minimum Gasteiger partial charge on any atom is -0.490 e. The molecule has 1 saturated carbocycles. The molecule has 1 amide bonds. The molecule has 0 aromatic heterocycles. The van der Waals surface area contributed by atoms with Gasteiger partial charge in [-0.3, -0.25) is 4.79 Å². The molecule has 3 aliphatic rings. The van der Waals surface area contributed by atoms with Gasteiger partial charge < -0.3 is 20.1 Å². The summed E-state index contributed by atoms with van der Waals surface area (Å²) in [7, 11) is -3.53. The van der Waals surface area contributed by atoms with Gasteiger partial charge in [-0.25, -0.2) is 8.42 Å². The first-order valence-electron chi connectivity index (χ1n) is 17.0. The van der Waals surface area contributed by atoms with Crippen LogP contribution < -0.4 is 15.2 Å². The lowest BCUT2D eigenvalue weighted by Crippen LogP contribution is -2.61. The summed E-state index contributed by atoms with van der Waals surface area (Å²) in [5, 5.41) is 1.36. The van der Waals surface area contributed by atoms with Crippen molar-refractivity contribution in [1.29, 1.82) is 0 Å². The molecular formula is C38H41F2N3O5S. The number of hydrogen-bond donors (Lipinski definition) is 1. The molecule has 2 N–H and O–H groups in total. The van der Waals surface area contributed by atoms with Crippen molar-refractivity contribution in [2.45, 2.75) is 92.5 Å². The number of benzene rings is 4. The standard InChI is InChI=1S/C38H41F2N3O5S/c1-42(49(45,46)35-19-15-25-20-34(18-14-26(25)21-35)48-32-11-5-6-12-32)36(37(44)43-29-16-17-30(43)24-28(41)23-29)38(39,40)27-8-7-13-33(22-27)47-31-9-3-2-4-10-31/h2-4,7-10,13-15,18-22,28-30,32,36H,5-6,11-12,16-17,23-24,41H2,1H3/t28?,29?,30?,36-/m0/s1. The van der Waals surface area contributed by atoms with Crippen LogP contribution in [0.4, 0.5) is 8.78 Å². The van der Waals surface area contributed by atoms with Gasteiger partial charge in [-0.05, 0) is 111 Å². The van der Waals surface area contributed by atoms with Crippen LogP contribution in [-0.2, 0) is 20.7 Å². The predicted molar refractivity (Wildman–Crippen MR) is 183 cm³/mol. The van der Waals surface area contributed by atoms with Crippen molar-refractivity contribution in [1.82, 2.24) is 9.21 Å². The quantitative estimate of drug-likeness (QED) is 0.189. The van der Waals surface area contributed by atoms with Crippen molar-refractivity contribution in [2.75, 3.05) is 7.05 Å². The summed E-state index contributed by atoms with van der Waals surface area (Å²) in [4.78, 5) is 15.7. The van der Waals surface area contributed by atoms with Crippen molar-refractivity contribution >= 4 is 26.7 Å². The normalized spacial score (nSPS) is 22.1. The number of amides is 1. The number of hydrogen-bond acceptors (Lipinski definition) is 6. The van der Waals surface area contributed by atoms with Gasteiger partial charge in [0.2, 0.25) is 15.9 Å². The molecule has 4 aromatic carbocycles. The molecule has 3 fully saturated rings. The second kappa shape index (κ2) is 13.3. The molecule has 1 aliphatic carbocycles. The van der Waals surface area contributed by atoms with Gasteiger partial charge in [-0.15, -0.1) is 0 Å². The van der Waals surface area contributed by atoms with Gasteiger partial charge in [-0.1, -0.05) is 42.5 Å². The first-order chi connectivity index (χ1) is 23.5. The molecule has 3 atom stereocenters. The van der Waals surface area contributed by atoms with E-state index in [0.717, 1.165) is 44.2 Å². The molecule has 4 aromatic rings. The summed E-state index contributed by atoms with van der Waals surface area (Å²) in [6.45, 7) is 0. The van der Waals surface area contributed by atoms with E-state index >= 15 is 8.78 Å². The summed E-state index contributed by atoms with van der Waals surface area (Å²) in [6.07, 6.45) is 6.67. The molecule has 11 heteroatoms. The minimum atomic E-state index is -4.60. The fourth-order valence-corrected chi connectivity index (χ4v) is 9.10. The second-order valence-electron chi connectivity index (χ2n) is 13.5. The Morgan fingerprint density at radius 3 is 2.20 bits per heavy atom. The van der Waals surface area contributed by atoms with Gasteiger partial charge in [0.1, 0.15) is 17.2 Å². The molecule has 2 heterocycles. The van der Waals surface area contributed by atoms with E-state index in [-0.39, 0.29) is 34.9 Å². The summed E-state index contributed by atoms with van der Waals surface area (Å²) < 4.78 is 75.1. The SMILES string of the molecule is CN([C@@H](C(=O)N1C2CCC1CC(N)C2)C(F)(F)c1cccc(Oc2ccccc2)c1)S(=O)(=O)c1ccc2cc(OC3CCCC3)ccc2c1. The lowest BCUT2D eigenvalue weighted by Gasteiger charge is -2.42. The van der Waals surface area contributed by atoms with Crippen LogP contribution in [0.1, 0.15) is 56.9 Å². The Labute approximate surface area is 285 Å². The summed E-state index contributed by atoms with van der Waals surface area (Å²) in [6, 6.07) is 20.8. The van der Waals surface area contributed by atoms with Crippen LogP contribution in [0.15, 0.2) is 95.9 Å². The maximum absolute atomic E-state index is 17.0. The number of piperidine rings is 1. The number of nitrogens with two attached hydrogens (primary N) is 1. The number of likely N-dealkylation sites (N-methyl/N-ethyl adjacent to an activating group) is 1. The van der Waals surface area contributed by atoms with Crippen LogP contribution in [-0.4, -0.2) is 60.8 Å². The summed E-state index contributed by atoms with van der Waals surface area (Å²) in [5.74, 6) is -3.58. The third-order valence-electron chi connectivity index (χ3n) is 10.2. The van der Waals surface area contributed by atoms with Gasteiger partial charge in [0.25, 0.3) is 5.92 Å². The maximum Gasteiger partial charge on any atom is 0.298 e. The largest absolute Gasteiger partial charge is 0.490 e. The van der Waals surface area contributed by atoms with Gasteiger partial charge >= 0.3 is 0 Å². The molecule has 8 nitrogen and oxygen atoms in total. The second-order valence-corrected chi connectivity index (χ2v) is 15.5. The Kier molecular flexibility index (Phi) is 9.10. The van der Waals surface area contributed by atoms with Gasteiger partial charge in [0.15, 0.2) is 6.04 Å². The lowest BCUT2D eigenvalue weighted by molar-refractivity contribution is -0.155. The smallest absolute Gasteiger partial charge is 0.298 e. The average Bonchev–Trinajstić information content (AvgIpc) is 3.70. The predicted octanol–water partition coefficient (Wildman–Crippen LogP) is 7.22. The third kappa shape index (κ3) is 6.63. The Balaban J connectivity index is 1.23. The van der Waals surface area contributed by atoms with Gasteiger partial charge in [0.05, 0.1) is 11.0 Å². The number of sulfonamides is 1. The van der Waals surface area contributed by atoms with Crippen molar-refractivity contribution in [3.05, 3.63) is 96.6 Å². The molecular weight excluding hydrogens is 648 g/mol. The highest BCUT2D eigenvalue weighted by Gasteiger charge is 2.56. The summed E-state index contributed by atoms with van der Waals surface area (Å²) >= 11 is 0. The fraction of sp³-hybridized carbons (Fsp3) is 0.395. The average molecular weight is 690 g/mol. The molecule has 49 heavy (non-hydrogen) atoms. The molecule has 2 aliphatic heterocycles. The van der Waals surface area contributed by atoms with E-state index in [1.54, 1.807) is 42.5 Å². The zero-order chi connectivity index (χ0) is 34.3. The van der Waals surface area contributed by atoms with E-state index in [1.807, 2.05) is 12.1 Å². The van der Waals surface area contributed by atoms with E-state index in [1.165, 1.54) is 35.2 Å². The number of alkyl halides is 2. The minimum absolute atomic E-state index is 0.134. The lowest BCUT2D eigenvalue weighted by atomic mass is 9.94. The highest BCUT2D eigenvalue weighted by atomic mass is 32.2. The monoisotopic (exact) mass is 689 g/mol. The highest BCUT2D eigenvalue weighted by Crippen LogP contribution is 2.43. The topological polar surface area (TPSA) is 102 Å². The molecule has 7 rings (SSSR count). The van der Waals surface area contributed by atoms with Crippen LogP contribution in [0.5, 0.6) is 17.2 Å². The van der Waals surface area contributed by atoms with Crippen molar-refractivity contribution in [3.63, 3.8) is 0 Å². The van der Waals surface area contributed by atoms with Crippen molar-refractivity contribution < 1.29 is 31.5 Å². The number of fused-ring (bicyclic) bond motifs is 3. The molecule has 2 unspecified atom stereocenters. The van der Waals surface area contributed by atoms with Crippen LogP contribution in [0.2, 0.25) is 0 Å². The van der Waals surface area contributed by atoms with E-state index in [4.69, 9.17) is 15.2 Å². The van der Waals surface area contributed by atoms with Crippen molar-refractivity contribution in [2.24, 2.45) is 5.73 Å². The Bertz CT molecular complexity index is 1920. The van der Waals surface area contributed by atoms with Gasteiger partial charge in [0, 0.05) is 30.7 Å². The number of para-hydroxylation sites is 1. The number of ether oxygens (including phenoxy) is 2. The van der Waals surface area contributed by atoms with E-state index in [9.17, 15) is 13.2 Å². The fourth-order valence-electron chi connectivity index (χ4n) is 7.75. The maximum atomic E-state index is 17.0. The third-order valence-corrected chi connectivity index (χ3v) is 12.0. The Morgan fingerprint density at radius 1 is 0.837 bits per heavy atom. The Hall–Kier alpha value is -4.06. The molecule has 258 valence electrons. The number of rotatable bonds is 10. The first kappa shape index (κ1) is 33.4. The molecule has 2 saturated heterocycles. The molecule has 0 spiro atoms. The number of nitrogens with zero attached hydrogens (tertiary/aromatic N) is 2. The van der Waals surface area contributed by atoms with E-state index < -0.39 is 33.5 Å². The zero-order valence-electron chi connectivity index (χ0n) is 27.4. The number of carbonyl (C=O) groups excluding carboxylic acids is 1. The molecule has 0 radical (unpaired) electrons. The number of carbonyl (C=O) groups is 1. The van der Waals surface area contributed by atoms with Crippen LogP contribution >= 0.6 is 0 Å². The zero-order valence-corrected chi connectivity index (χ0v) is 28.2. The molecule has 2 bridgehead atoms. The van der Waals surface area contributed by atoms with Crippen LogP contribution in [0.3, 0.4) is 0 Å². The van der Waals surface area contributed by atoms with Crippen LogP contribution in [0, 0.1) is 0 Å². The first-order valence-corrected chi connectivity index (χ1v) is 18.4. The van der Waals surface area contributed by atoms with Crippen LogP contribution in [0.25, 0.3) is 10.8 Å². The Morgan fingerprint density at radius 2 is 1.49 bits per heavy atom. The van der Waals surface area contributed by atoms with Crippen molar-refractivity contribution in [3.8, 4) is 17.2 Å². The van der Waals surface area contributed by atoms with Gasteiger partial charge in [-0.2, -0.15) is 13.1 Å².